The highest BCUT2D eigenvalue weighted by Crippen LogP contribution is 2.40. The third kappa shape index (κ3) is 2.14. The number of nitrogens with zero attached hydrogens (tertiary/aromatic N) is 1. The number of hydrogen-bond acceptors (Lipinski definition) is 4. The highest BCUT2D eigenvalue weighted by Gasteiger charge is 2.33. The fraction of sp³-hybridized carbons (Fsp3) is 0.438. The van der Waals surface area contributed by atoms with Crippen LogP contribution >= 0.6 is 11.3 Å². The van der Waals surface area contributed by atoms with Crippen molar-refractivity contribution in [3.05, 3.63) is 40.0 Å². The lowest BCUT2D eigenvalue weighted by atomic mass is 10.00. The molecule has 0 aromatic carbocycles. The predicted molar refractivity (Wildman–Crippen MR) is 88.2 cm³/mol. The zero-order valence-corrected chi connectivity index (χ0v) is 13.6. The van der Waals surface area contributed by atoms with E-state index in [0.717, 1.165) is 35.8 Å². The van der Waals surface area contributed by atoms with E-state index in [4.69, 9.17) is 0 Å². The van der Waals surface area contributed by atoms with Crippen LogP contribution in [0.1, 0.15) is 46.5 Å². The van der Waals surface area contributed by atoms with Gasteiger partial charge in [-0.25, -0.2) is 0 Å². The summed E-state index contributed by atoms with van der Waals surface area (Å²) in [7, 11) is 0. The van der Waals surface area contributed by atoms with E-state index >= 15 is 0 Å². The van der Waals surface area contributed by atoms with Crippen LogP contribution in [0.25, 0.3) is 0 Å². The third-order valence-electron chi connectivity index (χ3n) is 4.53. The summed E-state index contributed by atoms with van der Waals surface area (Å²) in [5.74, 6) is 0.0452. The van der Waals surface area contributed by atoms with Gasteiger partial charge in [-0.2, -0.15) is 0 Å². The lowest BCUT2D eigenvalue weighted by Crippen LogP contribution is -2.39. The molecule has 22 heavy (non-hydrogen) atoms. The zero-order valence-electron chi connectivity index (χ0n) is 12.8. The molecule has 116 valence electrons. The molecule has 2 aliphatic rings. The van der Waals surface area contributed by atoms with E-state index in [1.54, 1.807) is 11.3 Å². The van der Waals surface area contributed by atoms with Gasteiger partial charge in [-0.1, -0.05) is 0 Å². The molecular formula is C16H20N4OS. The molecule has 3 N–H and O–H groups in total. The van der Waals surface area contributed by atoms with Crippen molar-refractivity contribution in [2.75, 3.05) is 11.9 Å². The summed E-state index contributed by atoms with van der Waals surface area (Å²) >= 11 is 1.74. The van der Waals surface area contributed by atoms with Crippen molar-refractivity contribution >= 4 is 22.2 Å². The Morgan fingerprint density at radius 3 is 2.95 bits per heavy atom. The molecule has 1 atom stereocenters. The molecule has 1 amide bonds. The monoisotopic (exact) mass is 316 g/mol. The van der Waals surface area contributed by atoms with E-state index in [9.17, 15) is 4.79 Å². The number of anilines is 1. The molecule has 4 heterocycles. The van der Waals surface area contributed by atoms with Crippen molar-refractivity contribution in [2.45, 2.75) is 39.0 Å². The van der Waals surface area contributed by atoms with Crippen LogP contribution in [0.4, 0.5) is 5.00 Å². The maximum atomic E-state index is 12.6. The standard InChI is InChI=1S/C16H20N4OS/c1-9(2)20-7-5-10-12(8-20)22-16-13(10)15(21)18-14(19-16)11-4-3-6-17-11/h3-4,6,9,14,17,19H,5,7-8H2,1-2H3,(H,18,21)/t14-/m0/s1. The van der Waals surface area contributed by atoms with E-state index in [-0.39, 0.29) is 12.1 Å². The summed E-state index contributed by atoms with van der Waals surface area (Å²) in [6, 6.07) is 4.47. The smallest absolute Gasteiger partial charge is 0.256 e. The van der Waals surface area contributed by atoms with Gasteiger partial charge in [0.1, 0.15) is 11.2 Å². The fourth-order valence-electron chi connectivity index (χ4n) is 3.26. The van der Waals surface area contributed by atoms with Crippen LogP contribution in [0.2, 0.25) is 0 Å². The molecule has 2 aromatic rings. The largest absolute Gasteiger partial charge is 0.362 e. The van der Waals surface area contributed by atoms with E-state index in [0.29, 0.717) is 6.04 Å². The molecule has 2 aromatic heterocycles. The van der Waals surface area contributed by atoms with Gasteiger partial charge in [0.15, 0.2) is 0 Å². The Hall–Kier alpha value is -1.79. The van der Waals surface area contributed by atoms with Gasteiger partial charge >= 0.3 is 0 Å². The zero-order chi connectivity index (χ0) is 15.3. The summed E-state index contributed by atoms with van der Waals surface area (Å²) in [6.45, 7) is 6.43. The van der Waals surface area contributed by atoms with Gasteiger partial charge in [0.2, 0.25) is 0 Å². The number of fused-ring (bicyclic) bond motifs is 3. The first kappa shape index (κ1) is 13.8. The van der Waals surface area contributed by atoms with Crippen LogP contribution < -0.4 is 10.6 Å². The van der Waals surface area contributed by atoms with Crippen molar-refractivity contribution in [3.8, 4) is 0 Å². The van der Waals surface area contributed by atoms with E-state index in [1.807, 2.05) is 18.3 Å². The van der Waals surface area contributed by atoms with Crippen molar-refractivity contribution < 1.29 is 4.79 Å². The first-order valence-electron chi connectivity index (χ1n) is 7.72. The van der Waals surface area contributed by atoms with Gasteiger partial charge in [0.25, 0.3) is 5.91 Å². The Morgan fingerprint density at radius 1 is 1.36 bits per heavy atom. The minimum atomic E-state index is -0.170. The van der Waals surface area contributed by atoms with Crippen LogP contribution in [0.15, 0.2) is 18.3 Å². The van der Waals surface area contributed by atoms with Gasteiger partial charge in [-0.15, -0.1) is 11.3 Å². The number of hydrogen-bond donors (Lipinski definition) is 3. The van der Waals surface area contributed by atoms with Crippen LogP contribution in [-0.4, -0.2) is 28.4 Å². The number of carbonyl (C=O) groups excluding carboxylic acids is 1. The molecule has 0 aliphatic carbocycles. The summed E-state index contributed by atoms with van der Waals surface area (Å²) in [4.78, 5) is 19.5. The molecule has 0 spiro atoms. The summed E-state index contributed by atoms with van der Waals surface area (Å²) in [6.07, 6.45) is 2.66. The number of rotatable bonds is 2. The second-order valence-corrected chi connectivity index (χ2v) is 7.30. The van der Waals surface area contributed by atoms with Crippen molar-refractivity contribution in [2.24, 2.45) is 0 Å². The lowest BCUT2D eigenvalue weighted by molar-refractivity contribution is 0.0933. The molecule has 0 unspecified atom stereocenters. The quantitative estimate of drug-likeness (QED) is 0.798. The lowest BCUT2D eigenvalue weighted by Gasteiger charge is -2.30. The second-order valence-electron chi connectivity index (χ2n) is 6.20. The van der Waals surface area contributed by atoms with E-state index < -0.39 is 0 Å². The van der Waals surface area contributed by atoms with Gasteiger partial charge in [-0.3, -0.25) is 9.69 Å². The third-order valence-corrected chi connectivity index (χ3v) is 5.68. The molecule has 4 rings (SSSR count). The summed E-state index contributed by atoms with van der Waals surface area (Å²) in [5, 5.41) is 7.54. The highest BCUT2D eigenvalue weighted by atomic mass is 32.1. The number of H-pyrrole nitrogens is 1. The minimum absolute atomic E-state index is 0.0452. The topological polar surface area (TPSA) is 60.2 Å². The molecule has 0 saturated heterocycles. The first-order chi connectivity index (χ1) is 10.6. The molecule has 0 radical (unpaired) electrons. The number of amides is 1. The molecule has 5 nitrogen and oxygen atoms in total. The van der Waals surface area contributed by atoms with Crippen molar-refractivity contribution in [3.63, 3.8) is 0 Å². The molecule has 0 bridgehead atoms. The Morgan fingerprint density at radius 2 is 2.23 bits per heavy atom. The maximum absolute atomic E-state index is 12.6. The number of thiophene rings is 1. The Balaban J connectivity index is 1.67. The fourth-order valence-corrected chi connectivity index (χ4v) is 4.55. The van der Waals surface area contributed by atoms with Gasteiger partial charge in [0.05, 0.1) is 11.3 Å². The first-order valence-corrected chi connectivity index (χ1v) is 8.54. The van der Waals surface area contributed by atoms with Gasteiger partial charge in [-0.05, 0) is 38.0 Å². The maximum Gasteiger partial charge on any atom is 0.256 e. The molecule has 2 aliphatic heterocycles. The van der Waals surface area contributed by atoms with Gasteiger partial charge < -0.3 is 15.6 Å². The Labute approximate surface area is 133 Å². The Kier molecular flexibility index (Phi) is 3.23. The number of aromatic amines is 1. The average molecular weight is 316 g/mol. The van der Waals surface area contributed by atoms with Crippen LogP contribution in [0.3, 0.4) is 0 Å². The van der Waals surface area contributed by atoms with Gasteiger partial charge in [0, 0.05) is 30.2 Å². The second kappa shape index (κ2) is 5.14. The number of nitrogens with one attached hydrogen (secondary N) is 3. The van der Waals surface area contributed by atoms with Crippen LogP contribution in [0, 0.1) is 0 Å². The molecule has 0 fully saturated rings. The minimum Gasteiger partial charge on any atom is -0.362 e. The predicted octanol–water partition coefficient (Wildman–Crippen LogP) is 2.70. The molecular weight excluding hydrogens is 296 g/mol. The average Bonchev–Trinajstić information content (AvgIpc) is 3.13. The van der Waals surface area contributed by atoms with E-state index in [2.05, 4.69) is 34.4 Å². The summed E-state index contributed by atoms with van der Waals surface area (Å²) < 4.78 is 0. The Bertz CT molecular complexity index is 704. The SMILES string of the molecule is CC(C)N1CCc2c(sc3c2C(=O)N[C@H](c2ccc[nH]2)N3)C1. The number of aromatic nitrogens is 1. The number of carbonyl (C=O) groups is 1. The van der Waals surface area contributed by atoms with Crippen molar-refractivity contribution in [1.82, 2.24) is 15.2 Å². The van der Waals surface area contributed by atoms with E-state index in [1.165, 1.54) is 10.4 Å². The normalized spacial score (nSPS) is 21.2. The van der Waals surface area contributed by atoms with Crippen LogP contribution in [-0.2, 0) is 13.0 Å². The van der Waals surface area contributed by atoms with Crippen LogP contribution in [0.5, 0.6) is 0 Å². The molecule has 6 heteroatoms. The van der Waals surface area contributed by atoms with Crippen molar-refractivity contribution in [1.29, 1.82) is 0 Å². The summed E-state index contributed by atoms with van der Waals surface area (Å²) in [5.41, 5.74) is 3.09. The molecule has 0 saturated carbocycles. The highest BCUT2D eigenvalue weighted by molar-refractivity contribution is 7.16.